The first kappa shape index (κ1) is 24.2. The van der Waals surface area contributed by atoms with Crippen molar-refractivity contribution in [2.45, 2.75) is 25.0 Å². The van der Waals surface area contributed by atoms with Crippen LogP contribution >= 0.6 is 11.3 Å². The molecule has 174 valence electrons. The van der Waals surface area contributed by atoms with Crippen LogP contribution in [0.4, 0.5) is 18.9 Å². The fourth-order valence-corrected chi connectivity index (χ4v) is 3.80. The number of aliphatic hydroxyl groups excluding tert-OH is 2. The van der Waals surface area contributed by atoms with Crippen molar-refractivity contribution in [2.75, 3.05) is 5.32 Å². The average Bonchev–Trinajstić information content (AvgIpc) is 3.23. The second kappa shape index (κ2) is 10.0. The van der Waals surface area contributed by atoms with E-state index in [0.717, 1.165) is 0 Å². The molecule has 11 heteroatoms. The maximum Gasteiger partial charge on any atom is 0.426 e. The first-order chi connectivity index (χ1) is 15.6. The molecule has 0 fully saturated rings. The zero-order chi connectivity index (χ0) is 24.2. The summed E-state index contributed by atoms with van der Waals surface area (Å²) < 4.78 is 46.0. The number of thiophene rings is 1. The van der Waals surface area contributed by atoms with Gasteiger partial charge in [-0.25, -0.2) is 4.79 Å². The monoisotopic (exact) mass is 481 g/mol. The summed E-state index contributed by atoms with van der Waals surface area (Å²) in [5, 5.41) is 29.6. The first-order valence-electron chi connectivity index (χ1n) is 9.44. The van der Waals surface area contributed by atoms with Gasteiger partial charge in [-0.05, 0) is 35.9 Å². The van der Waals surface area contributed by atoms with Crippen LogP contribution in [0.2, 0.25) is 0 Å². The van der Waals surface area contributed by atoms with Crippen molar-refractivity contribution >= 4 is 28.9 Å². The molecule has 3 aromatic rings. The van der Waals surface area contributed by atoms with Crippen LogP contribution in [0.15, 0.2) is 60.7 Å². The largest absolute Gasteiger partial charge is 0.488 e. The number of aliphatic carboxylic acids is 1. The number of aliphatic hydroxyl groups is 2. The molecule has 2 aromatic carbocycles. The Morgan fingerprint density at radius 3 is 2.21 bits per heavy atom. The Labute approximate surface area is 189 Å². The van der Waals surface area contributed by atoms with Crippen LogP contribution < -0.4 is 10.1 Å². The van der Waals surface area contributed by atoms with Gasteiger partial charge in [-0.1, -0.05) is 30.3 Å². The SMILES string of the molecule is O=C(O)[C@H](O)[C@@H](O)C(=O)Nc1ccc(OCc2cc(-c3ccccc3)c(C(F)(F)F)s2)cc1. The van der Waals surface area contributed by atoms with Crippen LogP contribution in [0.1, 0.15) is 9.75 Å². The molecule has 0 saturated heterocycles. The lowest BCUT2D eigenvalue weighted by atomic mass is 10.1. The maximum atomic E-state index is 13.5. The van der Waals surface area contributed by atoms with Crippen molar-refractivity contribution in [3.63, 3.8) is 0 Å². The molecule has 4 N–H and O–H groups in total. The molecule has 0 spiro atoms. The predicted molar refractivity (Wildman–Crippen MR) is 114 cm³/mol. The smallest absolute Gasteiger partial charge is 0.426 e. The summed E-state index contributed by atoms with van der Waals surface area (Å²) >= 11 is 0.594. The Kier molecular flexibility index (Phi) is 7.36. The van der Waals surface area contributed by atoms with Gasteiger partial charge in [0.15, 0.2) is 12.2 Å². The van der Waals surface area contributed by atoms with E-state index >= 15 is 0 Å². The standard InChI is InChI=1S/C22H18F3NO6S/c23-22(24,25)19-16(12-4-2-1-3-5-12)10-15(33-19)11-32-14-8-6-13(7-9-14)26-20(29)17(27)18(28)21(30)31/h1-10,17-18,27-28H,11H2,(H,26,29)(H,30,31)/t17-,18-/m1/s1. The van der Waals surface area contributed by atoms with Gasteiger partial charge in [0, 0.05) is 16.1 Å². The molecule has 1 heterocycles. The number of rotatable bonds is 8. The third kappa shape index (κ3) is 6.09. The number of carboxylic acid groups (broad SMARTS) is 1. The highest BCUT2D eigenvalue weighted by molar-refractivity contribution is 7.12. The molecule has 7 nitrogen and oxygen atoms in total. The van der Waals surface area contributed by atoms with Crippen LogP contribution in [0.3, 0.4) is 0 Å². The summed E-state index contributed by atoms with van der Waals surface area (Å²) in [6.45, 7) is -0.115. The number of benzene rings is 2. The zero-order valence-electron chi connectivity index (χ0n) is 16.7. The number of hydrogen-bond acceptors (Lipinski definition) is 6. The van der Waals surface area contributed by atoms with Gasteiger partial charge in [0.25, 0.3) is 5.91 Å². The molecule has 33 heavy (non-hydrogen) atoms. The number of alkyl halides is 3. The van der Waals surface area contributed by atoms with E-state index in [-0.39, 0.29) is 17.9 Å². The van der Waals surface area contributed by atoms with E-state index in [1.807, 2.05) is 0 Å². The van der Waals surface area contributed by atoms with Gasteiger partial charge in [-0.2, -0.15) is 13.2 Å². The maximum absolute atomic E-state index is 13.5. The van der Waals surface area contributed by atoms with Crippen molar-refractivity contribution in [2.24, 2.45) is 0 Å². The van der Waals surface area contributed by atoms with Gasteiger partial charge in [0.2, 0.25) is 0 Å². The molecular formula is C22H18F3NO6S. The summed E-state index contributed by atoms with van der Waals surface area (Å²) in [6, 6.07) is 15.3. The average molecular weight is 481 g/mol. The number of carbonyl (C=O) groups is 2. The van der Waals surface area contributed by atoms with Crippen LogP contribution in [0.5, 0.6) is 5.75 Å². The molecule has 0 aliphatic rings. The number of hydrogen-bond donors (Lipinski definition) is 4. The summed E-state index contributed by atoms with van der Waals surface area (Å²) in [7, 11) is 0. The van der Waals surface area contributed by atoms with Crippen LogP contribution in [-0.4, -0.2) is 39.4 Å². The van der Waals surface area contributed by atoms with E-state index in [0.29, 0.717) is 27.5 Å². The molecule has 0 unspecified atom stereocenters. The fraction of sp³-hybridized carbons (Fsp3) is 0.182. The van der Waals surface area contributed by atoms with Crippen LogP contribution in [0.25, 0.3) is 11.1 Å². The minimum Gasteiger partial charge on any atom is -0.488 e. The van der Waals surface area contributed by atoms with Crippen LogP contribution in [-0.2, 0) is 22.4 Å². The highest BCUT2D eigenvalue weighted by Crippen LogP contribution is 2.43. The van der Waals surface area contributed by atoms with E-state index in [9.17, 15) is 33.0 Å². The Morgan fingerprint density at radius 2 is 1.64 bits per heavy atom. The Hall–Kier alpha value is -3.41. The number of amides is 1. The molecule has 1 aromatic heterocycles. The van der Waals surface area contributed by atoms with E-state index < -0.39 is 35.1 Å². The van der Waals surface area contributed by atoms with E-state index in [1.54, 1.807) is 30.3 Å². The molecule has 2 atom stereocenters. The number of carboxylic acids is 1. The van der Waals surface area contributed by atoms with E-state index in [1.165, 1.54) is 30.3 Å². The lowest BCUT2D eigenvalue weighted by molar-refractivity contribution is -0.156. The lowest BCUT2D eigenvalue weighted by Gasteiger charge is -2.14. The Morgan fingerprint density at radius 1 is 1.00 bits per heavy atom. The summed E-state index contributed by atoms with van der Waals surface area (Å²) in [4.78, 5) is 22.1. The van der Waals surface area contributed by atoms with Gasteiger partial charge in [-0.3, -0.25) is 4.79 Å². The molecule has 1 amide bonds. The highest BCUT2D eigenvalue weighted by atomic mass is 32.1. The summed E-state index contributed by atoms with van der Waals surface area (Å²) in [5.41, 5.74) is 0.709. The Bertz CT molecular complexity index is 1120. The van der Waals surface area contributed by atoms with Gasteiger partial charge in [0.05, 0.1) is 0 Å². The normalized spacial score (nSPS) is 13.2. The third-order valence-electron chi connectivity index (χ3n) is 4.45. The molecule has 3 rings (SSSR count). The highest BCUT2D eigenvalue weighted by Gasteiger charge is 2.36. The van der Waals surface area contributed by atoms with Gasteiger partial charge >= 0.3 is 12.1 Å². The lowest BCUT2D eigenvalue weighted by Crippen LogP contribution is -2.42. The number of halogens is 3. The number of carbonyl (C=O) groups excluding carboxylic acids is 1. The predicted octanol–water partition coefficient (Wildman–Crippen LogP) is 3.76. The Balaban J connectivity index is 1.67. The van der Waals surface area contributed by atoms with Crippen molar-refractivity contribution in [1.29, 1.82) is 0 Å². The third-order valence-corrected chi connectivity index (χ3v) is 5.60. The molecule has 0 aliphatic carbocycles. The van der Waals surface area contributed by atoms with Gasteiger partial charge in [0.1, 0.15) is 17.2 Å². The molecule has 0 aliphatic heterocycles. The van der Waals surface area contributed by atoms with Crippen LogP contribution in [0, 0.1) is 0 Å². The zero-order valence-corrected chi connectivity index (χ0v) is 17.6. The molecule has 0 radical (unpaired) electrons. The van der Waals surface area contributed by atoms with Crippen molar-refractivity contribution in [3.05, 3.63) is 70.4 Å². The summed E-state index contributed by atoms with van der Waals surface area (Å²) in [5.74, 6) is -2.56. The van der Waals surface area contributed by atoms with Crippen molar-refractivity contribution in [1.82, 2.24) is 0 Å². The summed E-state index contributed by atoms with van der Waals surface area (Å²) in [6.07, 6.45) is -8.95. The quantitative estimate of drug-likeness (QED) is 0.390. The second-order valence-corrected chi connectivity index (χ2v) is 7.99. The van der Waals surface area contributed by atoms with Crippen molar-refractivity contribution < 1.29 is 42.8 Å². The van der Waals surface area contributed by atoms with Crippen molar-refractivity contribution in [3.8, 4) is 16.9 Å². The van der Waals surface area contributed by atoms with Gasteiger partial charge in [-0.15, -0.1) is 11.3 Å². The number of nitrogens with one attached hydrogen (secondary N) is 1. The second-order valence-electron chi connectivity index (χ2n) is 6.85. The number of ether oxygens (including phenoxy) is 1. The molecule has 0 saturated carbocycles. The minimum absolute atomic E-state index is 0.0758. The fourth-order valence-electron chi connectivity index (χ4n) is 2.84. The topological polar surface area (TPSA) is 116 Å². The molecular weight excluding hydrogens is 463 g/mol. The first-order valence-corrected chi connectivity index (χ1v) is 10.3. The van der Waals surface area contributed by atoms with Gasteiger partial charge < -0.3 is 25.4 Å². The van der Waals surface area contributed by atoms with E-state index in [2.05, 4.69) is 5.32 Å². The van der Waals surface area contributed by atoms with E-state index in [4.69, 9.17) is 9.84 Å². The number of anilines is 1. The molecule has 0 bridgehead atoms. The minimum atomic E-state index is -4.51.